The van der Waals surface area contributed by atoms with Crippen LogP contribution >= 0.6 is 0 Å². The Morgan fingerprint density at radius 3 is 2.68 bits per heavy atom. The van der Waals surface area contributed by atoms with Gasteiger partial charge in [0, 0.05) is 22.8 Å². The van der Waals surface area contributed by atoms with Crippen LogP contribution in [0.1, 0.15) is 11.1 Å². The Balaban J connectivity index is 1.74. The van der Waals surface area contributed by atoms with E-state index in [0.29, 0.717) is 0 Å². The van der Waals surface area contributed by atoms with Gasteiger partial charge in [0.15, 0.2) is 0 Å². The van der Waals surface area contributed by atoms with Crippen molar-refractivity contribution in [2.45, 2.75) is 6.42 Å². The van der Waals surface area contributed by atoms with Gasteiger partial charge in [0.2, 0.25) is 0 Å². The van der Waals surface area contributed by atoms with E-state index in [9.17, 15) is 4.39 Å². The summed E-state index contributed by atoms with van der Waals surface area (Å²) < 4.78 is 18.4. The van der Waals surface area contributed by atoms with E-state index in [1.165, 1.54) is 12.1 Å². The number of nitrogens with one attached hydrogen (secondary N) is 1. The molecule has 1 N–H and O–H groups in total. The molecule has 124 valence electrons. The van der Waals surface area contributed by atoms with Gasteiger partial charge in [0.05, 0.1) is 7.11 Å². The molecule has 4 rings (SSSR count). The Hall–Kier alpha value is -3.14. The highest BCUT2D eigenvalue weighted by molar-refractivity contribution is 5.86. The van der Waals surface area contributed by atoms with Crippen LogP contribution in [-0.2, 0) is 6.42 Å². The fraction of sp³-hybridized carbons (Fsp3) is 0.0952. The van der Waals surface area contributed by atoms with Crippen molar-refractivity contribution < 1.29 is 9.13 Å². The second-order valence-electron chi connectivity index (χ2n) is 5.95. The summed E-state index contributed by atoms with van der Waals surface area (Å²) in [5.41, 5.74) is 5.11. The maximum atomic E-state index is 13.1. The van der Waals surface area contributed by atoms with Crippen LogP contribution < -0.4 is 4.74 Å². The minimum Gasteiger partial charge on any atom is -0.497 e. The molecule has 0 bridgehead atoms. The van der Waals surface area contributed by atoms with Crippen molar-refractivity contribution in [1.82, 2.24) is 9.97 Å². The average molecular weight is 332 g/mol. The Bertz CT molecular complexity index is 1020. The van der Waals surface area contributed by atoms with Gasteiger partial charge in [-0.3, -0.25) is 0 Å². The largest absolute Gasteiger partial charge is 0.497 e. The first kappa shape index (κ1) is 15.4. The quantitative estimate of drug-likeness (QED) is 0.573. The van der Waals surface area contributed by atoms with E-state index >= 15 is 0 Å². The number of halogens is 1. The van der Waals surface area contributed by atoms with Crippen molar-refractivity contribution in [1.29, 1.82) is 0 Å². The number of nitrogens with zero attached hydrogens (tertiary/aromatic N) is 1. The zero-order valence-corrected chi connectivity index (χ0v) is 13.8. The van der Waals surface area contributed by atoms with E-state index < -0.39 is 0 Å². The number of ether oxygens (including phenoxy) is 1. The first-order chi connectivity index (χ1) is 12.2. The second-order valence-corrected chi connectivity index (χ2v) is 5.95. The topological polar surface area (TPSA) is 37.9 Å². The van der Waals surface area contributed by atoms with Crippen LogP contribution in [0.3, 0.4) is 0 Å². The molecule has 4 heteroatoms. The molecule has 0 aliphatic rings. The fourth-order valence-electron chi connectivity index (χ4n) is 3.00. The number of pyridine rings is 1. The molecule has 0 amide bonds. The molecule has 0 aliphatic carbocycles. The number of benzene rings is 2. The molecule has 2 aromatic carbocycles. The molecule has 2 heterocycles. The Morgan fingerprint density at radius 2 is 1.88 bits per heavy atom. The molecule has 4 aromatic rings. The van der Waals surface area contributed by atoms with E-state index in [-0.39, 0.29) is 5.82 Å². The summed E-state index contributed by atoms with van der Waals surface area (Å²) in [6.45, 7) is 0. The molecule has 0 atom stereocenters. The molecule has 0 saturated heterocycles. The predicted octanol–water partition coefficient (Wildman–Crippen LogP) is 4.97. The zero-order valence-electron chi connectivity index (χ0n) is 13.8. The summed E-state index contributed by atoms with van der Waals surface area (Å²) in [4.78, 5) is 7.81. The number of aromatic nitrogens is 2. The van der Waals surface area contributed by atoms with Crippen LogP contribution in [0.15, 0.2) is 66.9 Å². The van der Waals surface area contributed by atoms with Gasteiger partial charge in [0.25, 0.3) is 0 Å². The SMILES string of the molecule is COc1cccc(-c2cc3c(Cc4ccc(F)cc4)ccnc3[nH]2)c1. The van der Waals surface area contributed by atoms with Crippen molar-refractivity contribution in [2.24, 2.45) is 0 Å². The van der Waals surface area contributed by atoms with Crippen LogP contribution in [-0.4, -0.2) is 17.1 Å². The number of fused-ring (bicyclic) bond motifs is 1. The molecule has 0 unspecified atom stereocenters. The molecule has 0 radical (unpaired) electrons. The number of hydrogen-bond donors (Lipinski definition) is 1. The van der Waals surface area contributed by atoms with Gasteiger partial charge in [0.1, 0.15) is 17.2 Å². The summed E-state index contributed by atoms with van der Waals surface area (Å²) in [7, 11) is 1.66. The first-order valence-corrected chi connectivity index (χ1v) is 8.08. The third kappa shape index (κ3) is 3.11. The minimum atomic E-state index is -0.217. The molecule has 0 spiro atoms. The lowest BCUT2D eigenvalue weighted by Crippen LogP contribution is -1.90. The summed E-state index contributed by atoms with van der Waals surface area (Å²) in [6, 6.07) is 18.6. The summed E-state index contributed by atoms with van der Waals surface area (Å²) in [5.74, 6) is 0.598. The molecule has 0 saturated carbocycles. The molecule has 3 nitrogen and oxygen atoms in total. The summed E-state index contributed by atoms with van der Waals surface area (Å²) >= 11 is 0. The molecular formula is C21H17FN2O. The number of hydrogen-bond acceptors (Lipinski definition) is 2. The van der Waals surface area contributed by atoms with Gasteiger partial charge in [-0.05, 0) is 53.9 Å². The van der Waals surface area contributed by atoms with E-state index in [4.69, 9.17) is 4.74 Å². The number of aromatic amines is 1. The molecular weight excluding hydrogens is 315 g/mol. The van der Waals surface area contributed by atoms with Crippen LogP contribution in [0.4, 0.5) is 4.39 Å². The van der Waals surface area contributed by atoms with Gasteiger partial charge >= 0.3 is 0 Å². The lowest BCUT2D eigenvalue weighted by atomic mass is 10.0. The normalized spacial score (nSPS) is 11.0. The summed E-state index contributed by atoms with van der Waals surface area (Å²) in [6.07, 6.45) is 2.53. The van der Waals surface area contributed by atoms with E-state index in [2.05, 4.69) is 16.0 Å². The summed E-state index contributed by atoms with van der Waals surface area (Å²) in [5, 5.41) is 1.07. The van der Waals surface area contributed by atoms with E-state index in [1.807, 2.05) is 42.5 Å². The standard InChI is InChI=1S/C21H17FN2O/c1-25-18-4-2-3-16(12-18)20-13-19-15(9-10-23-21(19)24-20)11-14-5-7-17(22)8-6-14/h2-10,12-13H,11H2,1H3,(H,23,24). The molecule has 2 aromatic heterocycles. The Labute approximate surface area is 145 Å². The Kier molecular flexibility index (Phi) is 3.94. The van der Waals surface area contributed by atoms with E-state index in [1.54, 1.807) is 13.3 Å². The number of methoxy groups -OCH3 is 1. The van der Waals surface area contributed by atoms with Gasteiger partial charge in [-0.1, -0.05) is 24.3 Å². The highest BCUT2D eigenvalue weighted by atomic mass is 19.1. The smallest absolute Gasteiger partial charge is 0.137 e. The lowest BCUT2D eigenvalue weighted by Gasteiger charge is -2.03. The highest BCUT2D eigenvalue weighted by Gasteiger charge is 2.09. The van der Waals surface area contributed by atoms with Gasteiger partial charge in [-0.25, -0.2) is 9.37 Å². The van der Waals surface area contributed by atoms with E-state index in [0.717, 1.165) is 45.6 Å². The maximum Gasteiger partial charge on any atom is 0.137 e. The molecule has 0 fully saturated rings. The van der Waals surface area contributed by atoms with Crippen molar-refractivity contribution in [3.05, 3.63) is 83.8 Å². The van der Waals surface area contributed by atoms with Gasteiger partial charge < -0.3 is 9.72 Å². The highest BCUT2D eigenvalue weighted by Crippen LogP contribution is 2.28. The second kappa shape index (κ2) is 6.40. The van der Waals surface area contributed by atoms with Crippen LogP contribution in [0, 0.1) is 5.82 Å². The first-order valence-electron chi connectivity index (χ1n) is 8.08. The Morgan fingerprint density at radius 1 is 1.04 bits per heavy atom. The third-order valence-electron chi connectivity index (χ3n) is 4.31. The third-order valence-corrected chi connectivity index (χ3v) is 4.31. The predicted molar refractivity (Wildman–Crippen MR) is 97.3 cm³/mol. The number of H-pyrrole nitrogens is 1. The van der Waals surface area contributed by atoms with Crippen LogP contribution in [0.25, 0.3) is 22.3 Å². The number of rotatable bonds is 4. The van der Waals surface area contributed by atoms with Gasteiger partial charge in [-0.2, -0.15) is 0 Å². The average Bonchev–Trinajstić information content (AvgIpc) is 3.09. The van der Waals surface area contributed by atoms with Crippen molar-refractivity contribution in [2.75, 3.05) is 7.11 Å². The maximum absolute atomic E-state index is 13.1. The zero-order chi connectivity index (χ0) is 17.2. The monoisotopic (exact) mass is 332 g/mol. The lowest BCUT2D eigenvalue weighted by molar-refractivity contribution is 0.415. The minimum absolute atomic E-state index is 0.217. The fourth-order valence-corrected chi connectivity index (χ4v) is 3.00. The van der Waals surface area contributed by atoms with Crippen molar-refractivity contribution in [3.8, 4) is 17.0 Å². The van der Waals surface area contributed by atoms with Gasteiger partial charge in [-0.15, -0.1) is 0 Å². The molecule has 25 heavy (non-hydrogen) atoms. The van der Waals surface area contributed by atoms with Crippen LogP contribution in [0.5, 0.6) is 5.75 Å². The van der Waals surface area contributed by atoms with Crippen LogP contribution in [0.2, 0.25) is 0 Å². The molecule has 0 aliphatic heterocycles. The van der Waals surface area contributed by atoms with Crippen molar-refractivity contribution >= 4 is 11.0 Å². The van der Waals surface area contributed by atoms with Crippen molar-refractivity contribution in [3.63, 3.8) is 0 Å².